The molecule has 0 saturated heterocycles. The zero-order chi connectivity index (χ0) is 13.5. The summed E-state index contributed by atoms with van der Waals surface area (Å²) >= 11 is 0. The number of nitrogens with zero attached hydrogens (tertiary/aromatic N) is 4. The van der Waals surface area contributed by atoms with Gasteiger partial charge in [0.1, 0.15) is 5.52 Å². The Bertz CT molecular complexity index is 658. The molecule has 0 N–H and O–H groups in total. The van der Waals surface area contributed by atoms with E-state index in [1.807, 2.05) is 24.3 Å². The molecule has 5 heteroatoms. The third kappa shape index (κ3) is 2.38. The van der Waals surface area contributed by atoms with Crippen molar-refractivity contribution in [3.63, 3.8) is 0 Å². The molecule has 1 aliphatic rings. The maximum absolute atomic E-state index is 12.4. The maximum Gasteiger partial charge on any atom is 0.277 e. The first-order valence-electron chi connectivity index (χ1n) is 6.57. The molecule has 1 fully saturated rings. The third-order valence-corrected chi connectivity index (χ3v) is 3.72. The van der Waals surface area contributed by atoms with E-state index >= 15 is 0 Å². The van der Waals surface area contributed by atoms with Crippen molar-refractivity contribution in [2.45, 2.75) is 19.4 Å². The number of hydrogen-bond donors (Lipinski definition) is 0. The highest BCUT2D eigenvalue weighted by Gasteiger charge is 2.43. The molecule has 0 radical (unpaired) electrons. The predicted octanol–water partition coefficient (Wildman–Crippen LogP) is 1.13. The van der Waals surface area contributed by atoms with Gasteiger partial charge in [-0.05, 0) is 39.1 Å². The number of fused-ring (bicyclic) bond motifs is 1. The number of aromatic nitrogens is 3. The van der Waals surface area contributed by atoms with Crippen LogP contribution >= 0.6 is 0 Å². The smallest absolute Gasteiger partial charge is 0.277 e. The molecule has 100 valence electrons. The molecule has 0 atom stereocenters. The van der Waals surface area contributed by atoms with E-state index in [0.29, 0.717) is 17.4 Å². The highest BCUT2D eigenvalue weighted by Crippen LogP contribution is 2.47. The van der Waals surface area contributed by atoms with Crippen molar-refractivity contribution >= 4 is 10.9 Å². The first kappa shape index (κ1) is 12.3. The molecule has 0 spiro atoms. The molecule has 1 saturated carbocycles. The van der Waals surface area contributed by atoms with Crippen LogP contribution in [0.2, 0.25) is 0 Å². The topological polar surface area (TPSA) is 51.0 Å². The minimum atomic E-state index is -0.0318. The molecular formula is C14H18N4O. The first-order chi connectivity index (χ1) is 9.10. The quantitative estimate of drug-likeness (QED) is 0.825. The Morgan fingerprint density at radius 2 is 2.05 bits per heavy atom. The van der Waals surface area contributed by atoms with Crippen molar-refractivity contribution in [1.29, 1.82) is 0 Å². The van der Waals surface area contributed by atoms with Crippen LogP contribution in [-0.2, 0) is 6.54 Å². The lowest BCUT2D eigenvalue weighted by molar-refractivity contribution is 0.267. The van der Waals surface area contributed by atoms with E-state index in [9.17, 15) is 4.79 Å². The zero-order valence-electron chi connectivity index (χ0n) is 11.3. The second-order valence-corrected chi connectivity index (χ2v) is 5.81. The summed E-state index contributed by atoms with van der Waals surface area (Å²) in [5, 5.41) is 8.86. The van der Waals surface area contributed by atoms with Crippen molar-refractivity contribution in [3.05, 3.63) is 34.6 Å². The molecule has 1 aliphatic carbocycles. The third-order valence-electron chi connectivity index (χ3n) is 3.72. The summed E-state index contributed by atoms with van der Waals surface area (Å²) in [6.45, 7) is 1.66. The SMILES string of the molecule is CN(C)CC1(Cn2nnc3ccccc3c2=O)CC1. The van der Waals surface area contributed by atoms with Gasteiger partial charge in [-0.25, -0.2) is 4.68 Å². The normalized spacial score (nSPS) is 17.0. The molecular weight excluding hydrogens is 240 g/mol. The van der Waals surface area contributed by atoms with Gasteiger partial charge in [0.15, 0.2) is 0 Å². The summed E-state index contributed by atoms with van der Waals surface area (Å²) < 4.78 is 1.53. The van der Waals surface area contributed by atoms with E-state index in [1.165, 1.54) is 4.68 Å². The van der Waals surface area contributed by atoms with Gasteiger partial charge in [0.2, 0.25) is 0 Å². The molecule has 0 bridgehead atoms. The Morgan fingerprint density at radius 1 is 1.32 bits per heavy atom. The van der Waals surface area contributed by atoms with Gasteiger partial charge in [0.05, 0.1) is 11.9 Å². The average Bonchev–Trinajstić information content (AvgIpc) is 3.12. The van der Waals surface area contributed by atoms with Gasteiger partial charge in [-0.15, -0.1) is 5.10 Å². The van der Waals surface area contributed by atoms with Crippen LogP contribution in [0.1, 0.15) is 12.8 Å². The molecule has 1 aromatic carbocycles. The average molecular weight is 258 g/mol. The van der Waals surface area contributed by atoms with Crippen LogP contribution in [-0.4, -0.2) is 40.5 Å². The predicted molar refractivity (Wildman–Crippen MR) is 74.0 cm³/mol. The summed E-state index contributed by atoms with van der Waals surface area (Å²) in [6, 6.07) is 7.37. The molecule has 19 heavy (non-hydrogen) atoms. The fourth-order valence-electron chi connectivity index (χ4n) is 2.66. The van der Waals surface area contributed by atoms with Gasteiger partial charge in [0, 0.05) is 12.0 Å². The van der Waals surface area contributed by atoms with Crippen LogP contribution in [0.4, 0.5) is 0 Å². The van der Waals surface area contributed by atoms with E-state index in [0.717, 1.165) is 19.4 Å². The molecule has 2 aromatic rings. The molecule has 1 heterocycles. The van der Waals surface area contributed by atoms with E-state index in [-0.39, 0.29) is 11.0 Å². The van der Waals surface area contributed by atoms with Gasteiger partial charge in [-0.1, -0.05) is 17.3 Å². The van der Waals surface area contributed by atoms with Gasteiger partial charge in [-0.3, -0.25) is 4.79 Å². The molecule has 0 unspecified atom stereocenters. The van der Waals surface area contributed by atoms with Crippen LogP contribution in [0.25, 0.3) is 10.9 Å². The fraction of sp³-hybridized carbons (Fsp3) is 0.500. The van der Waals surface area contributed by atoms with Crippen LogP contribution in [0.3, 0.4) is 0 Å². The summed E-state index contributed by atoms with van der Waals surface area (Å²) in [5.74, 6) is 0. The highest BCUT2D eigenvalue weighted by molar-refractivity contribution is 5.76. The molecule has 0 amide bonds. The summed E-state index contributed by atoms with van der Waals surface area (Å²) in [5.41, 5.74) is 0.849. The maximum atomic E-state index is 12.4. The summed E-state index contributed by atoms with van der Waals surface area (Å²) in [4.78, 5) is 14.5. The Labute approximate surface area is 111 Å². The van der Waals surface area contributed by atoms with E-state index in [2.05, 4.69) is 29.3 Å². The summed E-state index contributed by atoms with van der Waals surface area (Å²) in [6.07, 6.45) is 2.32. The van der Waals surface area contributed by atoms with Crippen molar-refractivity contribution in [2.24, 2.45) is 5.41 Å². The Hall–Kier alpha value is -1.75. The van der Waals surface area contributed by atoms with E-state index in [1.54, 1.807) is 0 Å². The Morgan fingerprint density at radius 3 is 2.74 bits per heavy atom. The van der Waals surface area contributed by atoms with Crippen LogP contribution < -0.4 is 5.56 Å². The van der Waals surface area contributed by atoms with Crippen molar-refractivity contribution in [3.8, 4) is 0 Å². The van der Waals surface area contributed by atoms with Gasteiger partial charge in [-0.2, -0.15) is 0 Å². The minimum absolute atomic E-state index is 0.0318. The van der Waals surface area contributed by atoms with E-state index in [4.69, 9.17) is 0 Å². The monoisotopic (exact) mass is 258 g/mol. The lowest BCUT2D eigenvalue weighted by Crippen LogP contribution is -2.33. The second-order valence-electron chi connectivity index (χ2n) is 5.81. The largest absolute Gasteiger partial charge is 0.309 e. The Kier molecular flexibility index (Phi) is 2.86. The van der Waals surface area contributed by atoms with Crippen molar-refractivity contribution in [2.75, 3.05) is 20.6 Å². The zero-order valence-corrected chi connectivity index (χ0v) is 11.3. The molecule has 0 aliphatic heterocycles. The number of benzene rings is 1. The van der Waals surface area contributed by atoms with Crippen LogP contribution in [0.15, 0.2) is 29.1 Å². The molecule has 1 aromatic heterocycles. The molecule has 3 rings (SSSR count). The van der Waals surface area contributed by atoms with Crippen LogP contribution in [0, 0.1) is 5.41 Å². The van der Waals surface area contributed by atoms with Gasteiger partial charge < -0.3 is 4.90 Å². The van der Waals surface area contributed by atoms with E-state index < -0.39 is 0 Å². The summed E-state index contributed by atoms with van der Waals surface area (Å²) in [7, 11) is 4.13. The minimum Gasteiger partial charge on any atom is -0.309 e. The van der Waals surface area contributed by atoms with Crippen molar-refractivity contribution in [1.82, 2.24) is 19.9 Å². The van der Waals surface area contributed by atoms with Gasteiger partial charge in [0.25, 0.3) is 5.56 Å². The second kappa shape index (κ2) is 4.42. The molecule has 5 nitrogen and oxygen atoms in total. The number of hydrogen-bond acceptors (Lipinski definition) is 4. The number of rotatable bonds is 4. The lowest BCUT2D eigenvalue weighted by atomic mass is 10.1. The van der Waals surface area contributed by atoms with Gasteiger partial charge >= 0.3 is 0 Å². The van der Waals surface area contributed by atoms with Crippen molar-refractivity contribution < 1.29 is 0 Å². The lowest BCUT2D eigenvalue weighted by Gasteiger charge is -2.20. The first-order valence-corrected chi connectivity index (χ1v) is 6.57. The van der Waals surface area contributed by atoms with Crippen LogP contribution in [0.5, 0.6) is 0 Å². The fourth-order valence-corrected chi connectivity index (χ4v) is 2.66. The standard InChI is InChI=1S/C14H18N4O/c1-17(2)9-14(7-8-14)10-18-13(19)11-5-3-4-6-12(11)15-16-18/h3-6H,7-10H2,1-2H3. The highest BCUT2D eigenvalue weighted by atomic mass is 16.1. The Balaban J connectivity index is 1.94.